The molecule has 2 rings (SSSR count). The maximum absolute atomic E-state index is 12.2. The topological polar surface area (TPSA) is 59.1 Å². The quantitative estimate of drug-likeness (QED) is 0.425. The predicted octanol–water partition coefficient (Wildman–Crippen LogP) is 4.09. The summed E-state index contributed by atoms with van der Waals surface area (Å²) in [5.74, 6) is 0.917. The van der Waals surface area contributed by atoms with Crippen LogP contribution in [0.15, 0.2) is 48.6 Å². The van der Waals surface area contributed by atoms with Gasteiger partial charge in [-0.05, 0) is 47.5 Å². The van der Waals surface area contributed by atoms with Crippen molar-refractivity contribution in [3.8, 4) is 11.5 Å². The summed E-state index contributed by atoms with van der Waals surface area (Å²) >= 11 is 0. The molecule has 6 heteroatoms. The maximum Gasteiger partial charge on any atom is 0.163 e. The van der Waals surface area contributed by atoms with Gasteiger partial charge >= 0.3 is 0 Å². The van der Waals surface area contributed by atoms with E-state index in [1.807, 2.05) is 74.4 Å². The number of carbonyl (C=O) groups excluding carboxylic acids is 2. The second kappa shape index (κ2) is 11.0. The van der Waals surface area contributed by atoms with E-state index in [-0.39, 0.29) is 18.0 Å². The average Bonchev–Trinajstić information content (AvgIpc) is 2.75. The summed E-state index contributed by atoms with van der Waals surface area (Å²) in [5, 5.41) is 0. The number of methoxy groups -OCH3 is 2. The molecule has 0 aliphatic carbocycles. The van der Waals surface area contributed by atoms with Crippen molar-refractivity contribution < 1.29 is 19.1 Å². The highest BCUT2D eigenvalue weighted by molar-refractivity contribution is 6.10. The van der Waals surface area contributed by atoms with Gasteiger partial charge in [0, 0.05) is 28.2 Å². The Morgan fingerprint density at radius 1 is 0.742 bits per heavy atom. The molecule has 0 N–H and O–H groups in total. The molecule has 6 nitrogen and oxygen atoms in total. The van der Waals surface area contributed by atoms with Gasteiger partial charge < -0.3 is 19.3 Å². The fourth-order valence-electron chi connectivity index (χ4n) is 3.00. The molecular weight excluding hydrogens is 392 g/mol. The minimum absolute atomic E-state index is 0.188. The second-order valence-electron chi connectivity index (χ2n) is 7.43. The molecule has 0 saturated carbocycles. The summed E-state index contributed by atoms with van der Waals surface area (Å²) in [6, 6.07) is 11.3. The zero-order valence-electron chi connectivity index (χ0n) is 19.0. The molecule has 164 valence electrons. The van der Waals surface area contributed by atoms with E-state index in [4.69, 9.17) is 9.47 Å². The first-order chi connectivity index (χ1) is 14.7. The molecule has 0 unspecified atom stereocenters. The van der Waals surface area contributed by atoms with Crippen molar-refractivity contribution in [3.05, 3.63) is 59.7 Å². The summed E-state index contributed by atoms with van der Waals surface area (Å²) in [4.78, 5) is 28.3. The molecule has 0 aliphatic rings. The van der Waals surface area contributed by atoms with E-state index in [9.17, 15) is 9.59 Å². The van der Waals surface area contributed by atoms with Gasteiger partial charge in [0.05, 0.1) is 32.0 Å². The first kappa shape index (κ1) is 23.7. The van der Waals surface area contributed by atoms with Crippen LogP contribution in [0.25, 0.3) is 12.2 Å². The Bertz CT molecular complexity index is 912. The number of anilines is 2. The van der Waals surface area contributed by atoms with Crippen molar-refractivity contribution in [3.63, 3.8) is 0 Å². The fourth-order valence-corrected chi connectivity index (χ4v) is 3.00. The number of rotatable bonds is 10. The van der Waals surface area contributed by atoms with Crippen LogP contribution in [0.4, 0.5) is 11.4 Å². The van der Waals surface area contributed by atoms with Crippen LogP contribution in [0.1, 0.15) is 17.5 Å². The molecule has 2 aromatic carbocycles. The van der Waals surface area contributed by atoms with Gasteiger partial charge in [-0.15, -0.1) is 0 Å². The number of hydrogen-bond donors (Lipinski definition) is 0. The highest BCUT2D eigenvalue weighted by atomic mass is 16.5. The predicted molar refractivity (Wildman–Crippen MR) is 127 cm³/mol. The highest BCUT2D eigenvalue weighted by Gasteiger charge is 2.08. The number of ketones is 2. The zero-order chi connectivity index (χ0) is 23.0. The van der Waals surface area contributed by atoms with Crippen molar-refractivity contribution in [2.24, 2.45) is 0 Å². The van der Waals surface area contributed by atoms with Crippen LogP contribution < -0.4 is 19.3 Å². The molecule has 0 heterocycles. The zero-order valence-corrected chi connectivity index (χ0v) is 19.0. The third-order valence-corrected chi connectivity index (χ3v) is 4.64. The van der Waals surface area contributed by atoms with Gasteiger partial charge in [0.25, 0.3) is 0 Å². The molecular formula is C25H30N2O4. The molecule has 31 heavy (non-hydrogen) atoms. The van der Waals surface area contributed by atoms with Crippen LogP contribution in [-0.4, -0.2) is 54.0 Å². The normalized spacial score (nSPS) is 11.0. The SMILES string of the molecule is COc1cc(/C=C/C(=O)CC(=O)/C=C/c2ccc(N(C)C)c(OC)c2)ccc1N(C)C. The highest BCUT2D eigenvalue weighted by Crippen LogP contribution is 2.29. The van der Waals surface area contributed by atoms with Gasteiger partial charge in [-0.25, -0.2) is 0 Å². The average molecular weight is 423 g/mol. The van der Waals surface area contributed by atoms with Crippen molar-refractivity contribution >= 4 is 35.1 Å². The monoisotopic (exact) mass is 422 g/mol. The van der Waals surface area contributed by atoms with E-state index in [0.717, 1.165) is 22.5 Å². The standard InChI is InChI=1S/C25H30N2O4/c1-26(2)22-13-9-18(15-24(22)30-5)7-11-20(28)17-21(29)12-8-19-10-14-23(27(3)4)25(16-19)31-6/h7-16H,17H2,1-6H3/b11-7+,12-8+. The number of allylic oxidation sites excluding steroid dienone is 2. The van der Waals surface area contributed by atoms with Crippen LogP contribution in [0, 0.1) is 0 Å². The summed E-state index contributed by atoms with van der Waals surface area (Å²) in [6.07, 6.45) is 6.03. The van der Waals surface area contributed by atoms with Gasteiger partial charge in [0.1, 0.15) is 11.5 Å². The van der Waals surface area contributed by atoms with Gasteiger partial charge in [-0.3, -0.25) is 9.59 Å². The smallest absolute Gasteiger partial charge is 0.163 e. The van der Waals surface area contributed by atoms with Gasteiger partial charge in [-0.2, -0.15) is 0 Å². The summed E-state index contributed by atoms with van der Waals surface area (Å²) in [7, 11) is 10.9. The molecule has 0 saturated heterocycles. The van der Waals surface area contributed by atoms with Crippen molar-refractivity contribution in [1.29, 1.82) is 0 Å². The van der Waals surface area contributed by atoms with Crippen molar-refractivity contribution in [2.75, 3.05) is 52.2 Å². The van der Waals surface area contributed by atoms with Gasteiger partial charge in [0.15, 0.2) is 11.6 Å². The van der Waals surface area contributed by atoms with Crippen molar-refractivity contribution in [1.82, 2.24) is 0 Å². The first-order valence-electron chi connectivity index (χ1n) is 9.87. The lowest BCUT2D eigenvalue weighted by molar-refractivity contribution is -0.121. The molecule has 0 aromatic heterocycles. The Balaban J connectivity index is 2.00. The van der Waals surface area contributed by atoms with E-state index in [2.05, 4.69) is 0 Å². The van der Waals surface area contributed by atoms with E-state index in [1.54, 1.807) is 26.4 Å². The maximum atomic E-state index is 12.2. The van der Waals surface area contributed by atoms with Crippen molar-refractivity contribution in [2.45, 2.75) is 6.42 Å². The van der Waals surface area contributed by atoms with Gasteiger partial charge in [0.2, 0.25) is 0 Å². The van der Waals surface area contributed by atoms with Crippen LogP contribution in [-0.2, 0) is 9.59 Å². The van der Waals surface area contributed by atoms with E-state index >= 15 is 0 Å². The van der Waals surface area contributed by atoms with E-state index < -0.39 is 0 Å². The molecule has 0 amide bonds. The van der Waals surface area contributed by atoms with Crippen LogP contribution in [0.2, 0.25) is 0 Å². The largest absolute Gasteiger partial charge is 0.495 e. The second-order valence-corrected chi connectivity index (χ2v) is 7.43. The van der Waals surface area contributed by atoms with E-state index in [1.165, 1.54) is 12.2 Å². The number of hydrogen-bond acceptors (Lipinski definition) is 6. The fraction of sp³-hybridized carbons (Fsp3) is 0.280. The third kappa shape index (κ3) is 6.74. The lowest BCUT2D eigenvalue weighted by Crippen LogP contribution is -2.10. The number of benzene rings is 2. The molecule has 0 atom stereocenters. The minimum atomic E-state index is -0.258. The number of ether oxygens (including phenoxy) is 2. The Labute approximate surface area is 184 Å². The lowest BCUT2D eigenvalue weighted by atomic mass is 10.1. The first-order valence-corrected chi connectivity index (χ1v) is 9.87. The molecule has 0 spiro atoms. The molecule has 0 bridgehead atoms. The number of carbonyl (C=O) groups is 2. The van der Waals surface area contributed by atoms with E-state index in [0.29, 0.717) is 11.5 Å². The molecule has 0 radical (unpaired) electrons. The Morgan fingerprint density at radius 2 is 1.13 bits per heavy atom. The summed E-state index contributed by atoms with van der Waals surface area (Å²) in [5.41, 5.74) is 3.54. The van der Waals surface area contributed by atoms with Crippen LogP contribution >= 0.6 is 0 Å². The third-order valence-electron chi connectivity index (χ3n) is 4.64. The minimum Gasteiger partial charge on any atom is -0.495 e. The Morgan fingerprint density at radius 3 is 1.45 bits per heavy atom. The molecule has 2 aromatic rings. The van der Waals surface area contributed by atoms with Crippen LogP contribution in [0.5, 0.6) is 11.5 Å². The summed E-state index contributed by atoms with van der Waals surface area (Å²) < 4.78 is 10.8. The number of nitrogens with zero attached hydrogens (tertiary/aromatic N) is 2. The van der Waals surface area contributed by atoms with Gasteiger partial charge in [-0.1, -0.05) is 24.3 Å². The molecule has 0 aliphatic heterocycles. The summed E-state index contributed by atoms with van der Waals surface area (Å²) in [6.45, 7) is 0. The lowest BCUT2D eigenvalue weighted by Gasteiger charge is -2.16. The Kier molecular flexibility index (Phi) is 8.43. The molecule has 0 fully saturated rings. The Hall–Kier alpha value is -3.54. The van der Waals surface area contributed by atoms with Crippen LogP contribution in [0.3, 0.4) is 0 Å².